The molecule has 0 amide bonds. The molecule has 0 aliphatic carbocycles. The van der Waals surface area contributed by atoms with Gasteiger partial charge in [0.25, 0.3) is 0 Å². The Hall–Kier alpha value is -0.810. The number of hydrazine groups is 1. The molecule has 1 aromatic rings. The molecule has 0 heterocycles. The molecule has 1 aromatic carbocycles. The molecule has 1 atom stereocenters. The maximum atomic E-state index is 9.57. The number of benzene rings is 1. The van der Waals surface area contributed by atoms with E-state index in [4.69, 9.17) is 16.3 Å². The Kier molecular flexibility index (Phi) is 5.55. The van der Waals surface area contributed by atoms with Gasteiger partial charge in [-0.1, -0.05) is 11.6 Å². The lowest BCUT2D eigenvalue weighted by Crippen LogP contribution is -2.39. The molecule has 0 aromatic heterocycles. The monoisotopic (exact) mass is 244 g/mol. The molecule has 0 radical (unpaired) electrons. The smallest absolute Gasteiger partial charge is 0.119 e. The number of nitrogens with one attached hydrogen (secondary N) is 1. The van der Waals surface area contributed by atoms with Crippen molar-refractivity contribution in [3.8, 4) is 5.75 Å². The summed E-state index contributed by atoms with van der Waals surface area (Å²) in [6.45, 7) is 0.711. The van der Waals surface area contributed by atoms with Gasteiger partial charge < -0.3 is 9.84 Å². The molecule has 5 heteroatoms. The Morgan fingerprint density at radius 2 is 2.00 bits per heavy atom. The predicted molar refractivity (Wildman–Crippen MR) is 64.6 cm³/mol. The molecule has 0 aliphatic heterocycles. The molecule has 1 rings (SSSR count). The summed E-state index contributed by atoms with van der Waals surface area (Å²) in [6, 6.07) is 7.05. The summed E-state index contributed by atoms with van der Waals surface area (Å²) < 4.78 is 5.39. The Balaban J connectivity index is 2.26. The van der Waals surface area contributed by atoms with Gasteiger partial charge in [-0.3, -0.25) is 10.4 Å². The van der Waals surface area contributed by atoms with E-state index in [0.29, 0.717) is 17.3 Å². The van der Waals surface area contributed by atoms with Gasteiger partial charge in [0.15, 0.2) is 0 Å². The second kappa shape index (κ2) is 6.70. The summed E-state index contributed by atoms with van der Waals surface area (Å²) in [5.74, 6) is 0.702. The molecule has 0 aliphatic rings. The van der Waals surface area contributed by atoms with Crippen LogP contribution in [-0.4, -0.2) is 43.5 Å². The van der Waals surface area contributed by atoms with Crippen molar-refractivity contribution in [1.29, 1.82) is 0 Å². The number of aliphatic hydroxyl groups is 1. The fraction of sp³-hybridized carbons (Fsp3) is 0.455. The van der Waals surface area contributed by atoms with E-state index in [1.807, 2.05) is 14.1 Å². The highest BCUT2D eigenvalue weighted by molar-refractivity contribution is 6.30. The van der Waals surface area contributed by atoms with Gasteiger partial charge in [-0.15, -0.1) is 0 Å². The van der Waals surface area contributed by atoms with E-state index in [1.165, 1.54) is 0 Å². The van der Waals surface area contributed by atoms with Crippen LogP contribution >= 0.6 is 11.6 Å². The summed E-state index contributed by atoms with van der Waals surface area (Å²) in [4.78, 5) is 0. The first-order valence-electron chi connectivity index (χ1n) is 5.05. The van der Waals surface area contributed by atoms with Crippen molar-refractivity contribution in [3.05, 3.63) is 29.3 Å². The van der Waals surface area contributed by atoms with Gasteiger partial charge in [0.1, 0.15) is 18.5 Å². The van der Waals surface area contributed by atoms with Crippen molar-refractivity contribution >= 4 is 11.6 Å². The van der Waals surface area contributed by atoms with Crippen LogP contribution in [0, 0.1) is 0 Å². The van der Waals surface area contributed by atoms with Crippen molar-refractivity contribution in [2.24, 2.45) is 0 Å². The molecule has 0 bridgehead atoms. The van der Waals surface area contributed by atoms with Crippen LogP contribution in [0.3, 0.4) is 0 Å². The average molecular weight is 245 g/mol. The Bertz CT molecular complexity index is 303. The largest absolute Gasteiger partial charge is 0.491 e. The summed E-state index contributed by atoms with van der Waals surface area (Å²) in [5.41, 5.74) is 2.97. The minimum Gasteiger partial charge on any atom is -0.491 e. The molecule has 90 valence electrons. The lowest BCUT2D eigenvalue weighted by atomic mass is 10.3. The molecular weight excluding hydrogens is 228 g/mol. The van der Waals surface area contributed by atoms with Crippen molar-refractivity contribution in [2.45, 2.75) is 6.10 Å². The van der Waals surface area contributed by atoms with Crippen LogP contribution in [0.25, 0.3) is 0 Å². The van der Waals surface area contributed by atoms with E-state index >= 15 is 0 Å². The van der Waals surface area contributed by atoms with E-state index in [-0.39, 0.29) is 6.61 Å². The number of halogens is 1. The highest BCUT2D eigenvalue weighted by atomic mass is 35.5. The van der Waals surface area contributed by atoms with Crippen molar-refractivity contribution in [2.75, 3.05) is 27.2 Å². The second-order valence-corrected chi connectivity index (χ2v) is 4.11. The first-order chi connectivity index (χ1) is 7.58. The van der Waals surface area contributed by atoms with E-state index in [1.54, 1.807) is 29.3 Å². The summed E-state index contributed by atoms with van der Waals surface area (Å²) in [6.07, 6.45) is -0.543. The zero-order valence-corrected chi connectivity index (χ0v) is 10.2. The normalized spacial score (nSPS) is 12.8. The molecule has 0 unspecified atom stereocenters. The third-order valence-corrected chi connectivity index (χ3v) is 2.15. The number of nitrogens with zero attached hydrogens (tertiary/aromatic N) is 1. The van der Waals surface area contributed by atoms with Crippen LogP contribution < -0.4 is 10.2 Å². The van der Waals surface area contributed by atoms with E-state index in [2.05, 4.69) is 5.43 Å². The van der Waals surface area contributed by atoms with Gasteiger partial charge in [0.2, 0.25) is 0 Å². The first-order valence-corrected chi connectivity index (χ1v) is 5.43. The summed E-state index contributed by atoms with van der Waals surface area (Å²) >= 11 is 5.74. The van der Waals surface area contributed by atoms with Crippen LogP contribution in [0.5, 0.6) is 5.75 Å². The topological polar surface area (TPSA) is 44.7 Å². The molecule has 0 saturated heterocycles. The molecule has 16 heavy (non-hydrogen) atoms. The van der Waals surface area contributed by atoms with E-state index in [9.17, 15) is 5.11 Å². The zero-order valence-electron chi connectivity index (χ0n) is 9.48. The number of ether oxygens (including phenoxy) is 1. The average Bonchev–Trinajstić information content (AvgIpc) is 2.25. The van der Waals surface area contributed by atoms with Crippen LogP contribution in [-0.2, 0) is 0 Å². The fourth-order valence-electron chi connectivity index (χ4n) is 1.07. The molecule has 0 fully saturated rings. The van der Waals surface area contributed by atoms with Gasteiger partial charge >= 0.3 is 0 Å². The van der Waals surface area contributed by atoms with E-state index in [0.717, 1.165) is 0 Å². The highest BCUT2D eigenvalue weighted by Crippen LogP contribution is 2.15. The predicted octanol–water partition coefficient (Wildman–Crippen LogP) is 1.15. The maximum Gasteiger partial charge on any atom is 0.119 e. The quantitative estimate of drug-likeness (QED) is 0.737. The highest BCUT2D eigenvalue weighted by Gasteiger charge is 2.05. The zero-order chi connectivity index (χ0) is 12.0. The summed E-state index contributed by atoms with van der Waals surface area (Å²) in [5, 5.41) is 12.0. The number of rotatable bonds is 6. The third-order valence-electron chi connectivity index (χ3n) is 1.90. The minimum atomic E-state index is -0.543. The molecule has 4 nitrogen and oxygen atoms in total. The number of aliphatic hydroxyl groups excluding tert-OH is 1. The number of hydrogen-bond acceptors (Lipinski definition) is 4. The van der Waals surface area contributed by atoms with Crippen molar-refractivity contribution < 1.29 is 9.84 Å². The molecule has 0 saturated carbocycles. The van der Waals surface area contributed by atoms with Gasteiger partial charge in [0.05, 0.1) is 0 Å². The lowest BCUT2D eigenvalue weighted by molar-refractivity contribution is 0.0884. The second-order valence-electron chi connectivity index (χ2n) is 3.68. The SMILES string of the molecule is CN(C)NC[C@H](O)COc1ccc(Cl)cc1. The lowest BCUT2D eigenvalue weighted by Gasteiger charge is -2.16. The van der Waals surface area contributed by atoms with Crippen LogP contribution in [0.1, 0.15) is 0 Å². The fourth-order valence-corrected chi connectivity index (χ4v) is 1.20. The first kappa shape index (κ1) is 13.3. The standard InChI is InChI=1S/C11H17ClN2O2/c1-14(2)13-7-10(15)8-16-11-5-3-9(12)4-6-11/h3-6,10,13,15H,7-8H2,1-2H3/t10-/m0/s1. The van der Waals surface area contributed by atoms with Crippen molar-refractivity contribution in [3.63, 3.8) is 0 Å². The molecule has 2 N–H and O–H groups in total. The summed E-state index contributed by atoms with van der Waals surface area (Å²) in [7, 11) is 3.74. The molecular formula is C11H17ClN2O2. The maximum absolute atomic E-state index is 9.57. The Morgan fingerprint density at radius 3 is 2.56 bits per heavy atom. The Morgan fingerprint density at radius 1 is 1.38 bits per heavy atom. The van der Waals surface area contributed by atoms with Crippen LogP contribution in [0.4, 0.5) is 0 Å². The molecule has 0 spiro atoms. The third kappa shape index (κ3) is 5.32. The Labute approximate surface area is 101 Å². The van der Waals surface area contributed by atoms with Crippen LogP contribution in [0.2, 0.25) is 5.02 Å². The van der Waals surface area contributed by atoms with Gasteiger partial charge in [0, 0.05) is 25.7 Å². The van der Waals surface area contributed by atoms with Gasteiger partial charge in [-0.25, -0.2) is 0 Å². The van der Waals surface area contributed by atoms with Gasteiger partial charge in [-0.05, 0) is 24.3 Å². The van der Waals surface area contributed by atoms with Crippen LogP contribution in [0.15, 0.2) is 24.3 Å². The van der Waals surface area contributed by atoms with Crippen molar-refractivity contribution in [1.82, 2.24) is 10.4 Å². The van der Waals surface area contributed by atoms with Gasteiger partial charge in [-0.2, -0.15) is 0 Å². The number of hydrogen-bond donors (Lipinski definition) is 2. The van der Waals surface area contributed by atoms with E-state index < -0.39 is 6.10 Å². The minimum absolute atomic E-state index is 0.252.